The number of hydrogen-bond donors (Lipinski definition) is 0. The molecule has 0 aliphatic carbocycles. The van der Waals surface area contributed by atoms with Crippen molar-refractivity contribution >= 4 is 31.9 Å². The van der Waals surface area contributed by atoms with Crippen LogP contribution in [0.4, 0.5) is 0 Å². The molecule has 0 saturated carbocycles. The second-order valence-electron chi connectivity index (χ2n) is 5.10. The number of carbonyl (C=O) groups excluding carboxylic acids is 2. The maximum atomic E-state index is 11.3. The number of rotatable bonds is 11. The van der Waals surface area contributed by atoms with Crippen molar-refractivity contribution in [1.29, 1.82) is 0 Å². The summed E-state index contributed by atoms with van der Waals surface area (Å²) in [4.78, 5) is 22.5. The Morgan fingerprint density at radius 3 is 1.70 bits per heavy atom. The Hall–Kier alpha value is -1.20. The molecule has 0 rings (SSSR count). The van der Waals surface area contributed by atoms with Gasteiger partial charge in [-0.05, 0) is 26.7 Å². The number of hydrogen-bond acceptors (Lipinski definition) is 9. The molecule has 0 aliphatic rings. The van der Waals surface area contributed by atoms with Gasteiger partial charge in [-0.25, -0.2) is 8.42 Å². The van der Waals surface area contributed by atoms with E-state index in [0.717, 1.165) is 6.26 Å². The van der Waals surface area contributed by atoms with Crippen molar-refractivity contribution in [2.75, 3.05) is 18.1 Å². The summed E-state index contributed by atoms with van der Waals surface area (Å²) < 4.78 is 57.8. The summed E-state index contributed by atoms with van der Waals surface area (Å²) in [5.74, 6) is -2.95. The number of unbranched alkanes of at least 4 members (excludes halogenated alkanes) is 1. The third-order valence-corrected chi connectivity index (χ3v) is 3.78. The van der Waals surface area contributed by atoms with Gasteiger partial charge in [0.15, 0.2) is 15.8 Å². The number of sulfone groups is 1. The predicted octanol–water partition coefficient (Wildman–Crippen LogP) is 0.348. The maximum absolute atomic E-state index is 11.3. The third kappa shape index (κ3) is 14.1. The fourth-order valence-electron chi connectivity index (χ4n) is 1.31. The van der Waals surface area contributed by atoms with Gasteiger partial charge in [0.25, 0.3) is 0 Å². The molecule has 0 aromatic heterocycles. The van der Waals surface area contributed by atoms with E-state index in [1.54, 1.807) is 0 Å². The van der Waals surface area contributed by atoms with Gasteiger partial charge in [-0.15, -0.1) is 0 Å². The summed E-state index contributed by atoms with van der Waals surface area (Å²) in [6.07, 6.45) is 0.836. The van der Waals surface area contributed by atoms with Crippen LogP contribution in [0.1, 0.15) is 39.5 Å². The van der Waals surface area contributed by atoms with E-state index in [4.69, 9.17) is 0 Å². The molecular weight excluding hydrogens is 352 g/mol. The highest BCUT2D eigenvalue weighted by atomic mass is 32.2. The summed E-state index contributed by atoms with van der Waals surface area (Å²) in [7, 11) is -7.29. The Morgan fingerprint density at radius 1 is 0.870 bits per heavy atom. The number of esters is 2. The molecule has 0 fully saturated rings. The second-order valence-corrected chi connectivity index (χ2v) is 8.73. The van der Waals surface area contributed by atoms with E-state index < -0.39 is 49.9 Å². The molecule has 0 spiro atoms. The van der Waals surface area contributed by atoms with E-state index in [1.165, 1.54) is 13.8 Å². The number of carbonyl (C=O) groups is 2. The van der Waals surface area contributed by atoms with Crippen molar-refractivity contribution in [2.45, 2.75) is 45.6 Å². The van der Waals surface area contributed by atoms with Crippen molar-refractivity contribution in [1.82, 2.24) is 0 Å². The van der Waals surface area contributed by atoms with Crippen LogP contribution < -0.4 is 0 Å². The Bertz CT molecular complexity index is 590. The van der Waals surface area contributed by atoms with E-state index >= 15 is 0 Å². The molecule has 0 heterocycles. The average Bonchev–Trinajstić information content (AvgIpc) is 2.37. The molecule has 0 N–H and O–H groups in total. The van der Waals surface area contributed by atoms with Gasteiger partial charge in [0.1, 0.15) is 0 Å². The van der Waals surface area contributed by atoms with Crippen molar-refractivity contribution in [3.8, 4) is 0 Å². The lowest BCUT2D eigenvalue weighted by atomic mass is 10.2. The molecular formula is C12H22O9S2. The topological polar surface area (TPSA) is 130 Å². The van der Waals surface area contributed by atoms with Crippen LogP contribution in [-0.2, 0) is 43.2 Å². The van der Waals surface area contributed by atoms with Gasteiger partial charge >= 0.3 is 22.1 Å². The van der Waals surface area contributed by atoms with Crippen molar-refractivity contribution in [2.24, 2.45) is 0 Å². The van der Waals surface area contributed by atoms with E-state index in [0.29, 0.717) is 0 Å². The second kappa shape index (κ2) is 9.83. The van der Waals surface area contributed by atoms with E-state index in [2.05, 4.69) is 13.7 Å². The first-order valence-electron chi connectivity index (χ1n) is 6.81. The van der Waals surface area contributed by atoms with E-state index in [1.807, 2.05) is 0 Å². The first-order valence-corrected chi connectivity index (χ1v) is 10.4. The number of ether oxygens (including phenoxy) is 2. The molecule has 11 heteroatoms. The minimum absolute atomic E-state index is 0.0441. The zero-order valence-corrected chi connectivity index (χ0v) is 14.9. The monoisotopic (exact) mass is 374 g/mol. The van der Waals surface area contributed by atoms with Gasteiger partial charge < -0.3 is 9.47 Å². The van der Waals surface area contributed by atoms with Crippen LogP contribution >= 0.6 is 0 Å². The molecule has 0 aromatic carbocycles. The maximum Gasteiger partial charge on any atom is 0.306 e. The lowest BCUT2D eigenvalue weighted by molar-refractivity contribution is -0.143. The van der Waals surface area contributed by atoms with Crippen LogP contribution in [-0.4, -0.2) is 53.0 Å². The molecule has 0 saturated heterocycles. The van der Waals surface area contributed by atoms with Crippen LogP contribution in [0.5, 0.6) is 0 Å². The fourth-order valence-corrected chi connectivity index (χ4v) is 2.58. The molecule has 0 amide bonds. The SMILES string of the molecule is CC(C)OS(=O)(=O)COC(=O)CCCCC(=O)OCS(C)(=O)=O. The average molecular weight is 374 g/mol. The standard InChI is InChI=1S/C12H22O9S2/c1-10(2)21-23(17,18)9-20-12(14)7-5-4-6-11(13)19-8-22(3,15)16/h10H,4-9H2,1-3H3. The fraction of sp³-hybridized carbons (Fsp3) is 0.833. The Kier molecular flexibility index (Phi) is 9.32. The largest absolute Gasteiger partial charge is 0.449 e. The zero-order valence-electron chi connectivity index (χ0n) is 13.3. The summed E-state index contributed by atoms with van der Waals surface area (Å²) in [6, 6.07) is 0. The highest BCUT2D eigenvalue weighted by Crippen LogP contribution is 2.05. The lowest BCUT2D eigenvalue weighted by Gasteiger charge is -2.09. The summed E-state index contributed by atoms with van der Waals surface area (Å²) in [5, 5.41) is 0. The summed E-state index contributed by atoms with van der Waals surface area (Å²) in [6.45, 7) is 3.06. The van der Waals surface area contributed by atoms with Crippen LogP contribution in [0.3, 0.4) is 0 Å². The molecule has 0 atom stereocenters. The van der Waals surface area contributed by atoms with Gasteiger partial charge in [0.2, 0.25) is 5.94 Å². The summed E-state index contributed by atoms with van der Waals surface area (Å²) in [5.41, 5.74) is 0. The quantitative estimate of drug-likeness (QED) is 0.285. The molecule has 0 aromatic rings. The van der Waals surface area contributed by atoms with Crippen molar-refractivity contribution < 1.29 is 40.1 Å². The van der Waals surface area contributed by atoms with Gasteiger partial charge in [0, 0.05) is 19.1 Å². The van der Waals surface area contributed by atoms with Crippen LogP contribution in [0, 0.1) is 0 Å². The smallest absolute Gasteiger partial charge is 0.306 e. The zero-order chi connectivity index (χ0) is 18.1. The molecule has 23 heavy (non-hydrogen) atoms. The highest BCUT2D eigenvalue weighted by molar-refractivity contribution is 7.90. The van der Waals surface area contributed by atoms with Gasteiger partial charge in [0.05, 0.1) is 6.10 Å². The van der Waals surface area contributed by atoms with Crippen LogP contribution in [0.25, 0.3) is 0 Å². The first-order chi connectivity index (χ1) is 10.4. The minimum atomic E-state index is -3.92. The molecule has 0 radical (unpaired) electrons. The van der Waals surface area contributed by atoms with Gasteiger partial charge in [-0.3, -0.25) is 13.8 Å². The first kappa shape index (κ1) is 21.8. The van der Waals surface area contributed by atoms with Crippen molar-refractivity contribution in [3.63, 3.8) is 0 Å². The van der Waals surface area contributed by atoms with E-state index in [-0.39, 0.29) is 25.7 Å². The Balaban J connectivity index is 3.85. The third-order valence-electron chi connectivity index (χ3n) is 2.15. The predicted molar refractivity (Wildman–Crippen MR) is 80.4 cm³/mol. The highest BCUT2D eigenvalue weighted by Gasteiger charge is 2.16. The van der Waals surface area contributed by atoms with Crippen molar-refractivity contribution in [3.05, 3.63) is 0 Å². The molecule has 0 bridgehead atoms. The molecule has 136 valence electrons. The van der Waals surface area contributed by atoms with Crippen LogP contribution in [0.15, 0.2) is 0 Å². The van der Waals surface area contributed by atoms with Gasteiger partial charge in [-0.1, -0.05) is 0 Å². The lowest BCUT2D eigenvalue weighted by Crippen LogP contribution is -2.19. The molecule has 0 unspecified atom stereocenters. The summed E-state index contributed by atoms with van der Waals surface area (Å²) >= 11 is 0. The Labute approximate surface area is 136 Å². The normalized spacial score (nSPS) is 12.2. The van der Waals surface area contributed by atoms with Gasteiger partial charge in [-0.2, -0.15) is 8.42 Å². The van der Waals surface area contributed by atoms with E-state index in [9.17, 15) is 26.4 Å². The molecule has 0 aliphatic heterocycles. The molecule has 9 nitrogen and oxygen atoms in total. The Morgan fingerprint density at radius 2 is 1.30 bits per heavy atom. The van der Waals surface area contributed by atoms with Crippen LogP contribution in [0.2, 0.25) is 0 Å². The minimum Gasteiger partial charge on any atom is -0.449 e.